The molecular formula is C21H24BN3O. The van der Waals surface area contributed by atoms with Crippen LogP contribution in [0, 0.1) is 0 Å². The number of fused-ring (bicyclic) bond motifs is 2. The Hall–Kier alpha value is -2.56. The molecule has 0 aliphatic heterocycles. The van der Waals surface area contributed by atoms with Gasteiger partial charge >= 0.3 is 133 Å². The molecule has 0 fully saturated rings. The van der Waals surface area contributed by atoms with Gasteiger partial charge in [-0.3, -0.25) is 0 Å². The van der Waals surface area contributed by atoms with Gasteiger partial charge in [0.05, 0.1) is 0 Å². The van der Waals surface area contributed by atoms with E-state index in [-0.39, 0.29) is 17.5 Å². The number of carbonyl (C=O) groups excluding carboxylic acids is 1. The average molecular weight is 345 g/mol. The van der Waals surface area contributed by atoms with E-state index in [4.69, 9.17) is 0 Å². The second-order valence-corrected chi connectivity index (χ2v) is 8.10. The molecule has 4 nitrogen and oxygen atoms in total. The van der Waals surface area contributed by atoms with Crippen LogP contribution in [0.2, 0.25) is 0 Å². The average Bonchev–Trinajstić information content (AvgIpc) is 3.21. The first-order chi connectivity index (χ1) is 12.4. The number of nitrogens with one attached hydrogen (secondary N) is 3. The predicted octanol–water partition coefficient (Wildman–Crippen LogP) is 4.61. The summed E-state index contributed by atoms with van der Waals surface area (Å²) in [6, 6.07) is 12.5. The van der Waals surface area contributed by atoms with Crippen molar-refractivity contribution in [3.63, 3.8) is 0 Å². The van der Waals surface area contributed by atoms with E-state index in [1.807, 2.05) is 31.2 Å². The number of urea groups is 1. The molecule has 1 aromatic heterocycles. The van der Waals surface area contributed by atoms with Crippen LogP contribution in [0.5, 0.6) is 0 Å². The zero-order valence-corrected chi connectivity index (χ0v) is 15.5. The van der Waals surface area contributed by atoms with Gasteiger partial charge in [-0.1, -0.05) is 20.8 Å². The van der Waals surface area contributed by atoms with Crippen LogP contribution in [-0.4, -0.2) is 18.0 Å². The van der Waals surface area contributed by atoms with Crippen LogP contribution >= 0.6 is 0 Å². The van der Waals surface area contributed by atoms with Crippen LogP contribution in [-0.2, 0) is 11.8 Å². The van der Waals surface area contributed by atoms with E-state index in [0.29, 0.717) is 0 Å². The van der Waals surface area contributed by atoms with E-state index < -0.39 is 0 Å². The molecule has 4 rings (SSSR count). The standard InChI is InChI=1S/C21H24BN3O/c1-21(2,3)14-8-9-15-13(11-14)7-10-18(15)24-20(26)23-17-5-4-6-19-16(17)12-22-25-19/h4-6,8-9,11-12,18,25H,7,10H2,1-3H3,(H2,23,24,26)/t18-/m0/s1. The van der Waals surface area contributed by atoms with Crippen molar-refractivity contribution in [3.8, 4) is 0 Å². The van der Waals surface area contributed by atoms with E-state index in [1.54, 1.807) is 0 Å². The van der Waals surface area contributed by atoms with Crippen molar-refractivity contribution >= 4 is 29.7 Å². The van der Waals surface area contributed by atoms with Gasteiger partial charge in [-0.2, -0.15) is 0 Å². The molecule has 0 spiro atoms. The molecule has 0 saturated heterocycles. The molecular weight excluding hydrogens is 321 g/mol. The van der Waals surface area contributed by atoms with Gasteiger partial charge < -0.3 is 0 Å². The van der Waals surface area contributed by atoms with Crippen molar-refractivity contribution in [2.75, 3.05) is 5.32 Å². The van der Waals surface area contributed by atoms with Crippen LogP contribution < -0.4 is 10.6 Å². The van der Waals surface area contributed by atoms with Gasteiger partial charge in [-0.15, -0.1) is 0 Å². The fraction of sp³-hybridized carbons (Fsp3) is 0.333. The molecule has 0 unspecified atom stereocenters. The number of rotatable bonds is 2. The molecule has 26 heavy (non-hydrogen) atoms. The number of aryl methyl sites for hydroxylation is 1. The van der Waals surface area contributed by atoms with Gasteiger partial charge in [0, 0.05) is 0 Å². The van der Waals surface area contributed by atoms with Crippen LogP contribution in [0.15, 0.2) is 42.4 Å². The van der Waals surface area contributed by atoms with Gasteiger partial charge in [-0.25, -0.2) is 0 Å². The predicted molar refractivity (Wildman–Crippen MR) is 108 cm³/mol. The summed E-state index contributed by atoms with van der Waals surface area (Å²) in [5.41, 5.74) is 5.93. The summed E-state index contributed by atoms with van der Waals surface area (Å²) in [6.45, 7) is 6.69. The van der Waals surface area contributed by atoms with Crippen molar-refractivity contribution in [2.24, 2.45) is 0 Å². The zero-order chi connectivity index (χ0) is 18.3. The Morgan fingerprint density at radius 3 is 2.88 bits per heavy atom. The maximum atomic E-state index is 12.5. The summed E-state index contributed by atoms with van der Waals surface area (Å²) in [5.74, 6) is 1.98. The topological polar surface area (TPSA) is 56.9 Å². The second kappa shape index (κ2) is 6.31. The number of aromatic amines is 1. The Morgan fingerprint density at radius 2 is 2.08 bits per heavy atom. The summed E-state index contributed by atoms with van der Waals surface area (Å²) in [7, 11) is 1.88. The third-order valence-electron chi connectivity index (χ3n) is 5.24. The number of hydrogen-bond donors (Lipinski definition) is 3. The molecule has 3 aromatic rings. The molecule has 1 heterocycles. The molecule has 0 saturated carbocycles. The van der Waals surface area contributed by atoms with E-state index >= 15 is 0 Å². The van der Waals surface area contributed by atoms with Gasteiger partial charge in [-0.05, 0) is 0 Å². The normalized spacial score (nSPS) is 16.3. The molecule has 5 heteroatoms. The second-order valence-electron chi connectivity index (χ2n) is 8.10. The summed E-state index contributed by atoms with van der Waals surface area (Å²) in [5, 5.41) is 7.15. The van der Waals surface area contributed by atoms with Crippen molar-refractivity contribution in [1.82, 2.24) is 10.2 Å². The van der Waals surface area contributed by atoms with Crippen LogP contribution in [0.4, 0.5) is 10.5 Å². The minimum absolute atomic E-state index is 0.0736. The molecule has 0 radical (unpaired) electrons. The van der Waals surface area contributed by atoms with Gasteiger partial charge in [0.2, 0.25) is 0 Å². The number of H-pyrrole nitrogens is 1. The van der Waals surface area contributed by atoms with Crippen molar-refractivity contribution in [2.45, 2.75) is 45.1 Å². The van der Waals surface area contributed by atoms with E-state index in [2.05, 4.69) is 54.5 Å². The molecule has 1 aliphatic carbocycles. The van der Waals surface area contributed by atoms with Crippen LogP contribution in [0.1, 0.15) is 49.9 Å². The molecule has 1 atom stereocenters. The SMILES string of the molecule is CC(C)(C)c1ccc2c(c1)CC[C@@H]2NC(=O)Nc1cccc2[nH]bcc12. The summed E-state index contributed by atoms with van der Waals surface area (Å²) in [6.07, 6.45) is 1.96. The fourth-order valence-corrected chi connectivity index (χ4v) is 3.75. The first-order valence-electron chi connectivity index (χ1n) is 9.19. The van der Waals surface area contributed by atoms with E-state index in [1.165, 1.54) is 16.7 Å². The fourth-order valence-electron chi connectivity index (χ4n) is 3.75. The quantitative estimate of drug-likeness (QED) is 0.624. The minimum atomic E-state index is -0.156. The third kappa shape index (κ3) is 3.14. The van der Waals surface area contributed by atoms with Gasteiger partial charge in [0.25, 0.3) is 0 Å². The molecule has 0 bridgehead atoms. The third-order valence-corrected chi connectivity index (χ3v) is 5.24. The van der Waals surface area contributed by atoms with Crippen molar-refractivity contribution < 1.29 is 4.79 Å². The van der Waals surface area contributed by atoms with Crippen LogP contribution in [0.25, 0.3) is 10.9 Å². The van der Waals surface area contributed by atoms with E-state index in [9.17, 15) is 4.79 Å². The molecule has 2 aromatic carbocycles. The summed E-state index contributed by atoms with van der Waals surface area (Å²) < 4.78 is 0. The monoisotopic (exact) mass is 345 g/mol. The van der Waals surface area contributed by atoms with Crippen molar-refractivity contribution in [1.29, 1.82) is 0 Å². The molecule has 2 amide bonds. The Bertz CT molecular complexity index is 971. The maximum absolute atomic E-state index is 12.5. The van der Waals surface area contributed by atoms with Crippen molar-refractivity contribution in [3.05, 3.63) is 59.1 Å². The van der Waals surface area contributed by atoms with Gasteiger partial charge in [0.1, 0.15) is 0 Å². The Morgan fingerprint density at radius 1 is 1.23 bits per heavy atom. The first-order valence-corrected chi connectivity index (χ1v) is 9.19. The number of hydrogen-bond acceptors (Lipinski definition) is 1. The van der Waals surface area contributed by atoms with Crippen LogP contribution in [0.3, 0.4) is 0 Å². The number of carbonyl (C=O) groups is 1. The van der Waals surface area contributed by atoms with Gasteiger partial charge in [0.15, 0.2) is 0 Å². The first kappa shape index (κ1) is 16.9. The van der Waals surface area contributed by atoms with E-state index in [0.717, 1.165) is 29.4 Å². The molecule has 3 N–H and O–H groups in total. The Labute approximate surface area is 154 Å². The number of anilines is 1. The Kier molecular flexibility index (Phi) is 4.10. The Balaban J connectivity index is 1.49. The number of amides is 2. The number of benzene rings is 2. The molecule has 1 aliphatic rings. The number of aromatic nitrogens is 1. The zero-order valence-electron chi connectivity index (χ0n) is 15.5. The molecule has 132 valence electrons. The summed E-state index contributed by atoms with van der Waals surface area (Å²) in [4.78, 5) is 15.7. The summed E-state index contributed by atoms with van der Waals surface area (Å²) >= 11 is 0.